The smallest absolute Gasteiger partial charge is 0.332 e. The van der Waals surface area contributed by atoms with Gasteiger partial charge in [0.2, 0.25) is 0 Å². The van der Waals surface area contributed by atoms with Crippen molar-refractivity contribution in [2.45, 2.75) is 11.0 Å². The molecule has 0 radical (unpaired) electrons. The summed E-state index contributed by atoms with van der Waals surface area (Å²) in [5, 5.41) is 0. The molecule has 1 heterocycles. The second kappa shape index (κ2) is 5.33. The van der Waals surface area contributed by atoms with Crippen LogP contribution in [0.2, 0.25) is 0 Å². The topological polar surface area (TPSA) is 26.3 Å². The molecule has 0 saturated carbocycles. The van der Waals surface area contributed by atoms with Gasteiger partial charge in [0.05, 0.1) is 0 Å². The van der Waals surface area contributed by atoms with E-state index >= 15 is 0 Å². The maximum atomic E-state index is 11.5. The van der Waals surface area contributed by atoms with Gasteiger partial charge in [0.15, 0.2) is 6.10 Å². The number of rotatable bonds is 3. The standard InChI is InChI=1S/C16H12O2S/c17-15-11-14(19-13-9-5-2-6-10-13)16(18-15)12-7-3-1-4-8-12/h1-11,16H. The summed E-state index contributed by atoms with van der Waals surface area (Å²) < 4.78 is 5.38. The second-order valence-electron chi connectivity index (χ2n) is 4.19. The van der Waals surface area contributed by atoms with E-state index in [0.717, 1.165) is 15.4 Å². The fourth-order valence-electron chi connectivity index (χ4n) is 1.97. The molecule has 3 heteroatoms. The SMILES string of the molecule is O=C1C=C(Sc2ccccc2)C(c2ccccc2)O1. The Morgan fingerprint density at radius 3 is 2.21 bits per heavy atom. The van der Waals surface area contributed by atoms with Gasteiger partial charge in [-0.1, -0.05) is 60.3 Å². The lowest BCUT2D eigenvalue weighted by atomic mass is 10.1. The van der Waals surface area contributed by atoms with Crippen LogP contribution < -0.4 is 0 Å². The molecule has 2 aromatic carbocycles. The summed E-state index contributed by atoms with van der Waals surface area (Å²) >= 11 is 1.57. The molecule has 0 fully saturated rings. The Morgan fingerprint density at radius 1 is 0.895 bits per heavy atom. The number of carbonyl (C=O) groups is 1. The van der Waals surface area contributed by atoms with Gasteiger partial charge in [-0.15, -0.1) is 0 Å². The Hall–Kier alpha value is -2.00. The molecule has 0 spiro atoms. The molecular weight excluding hydrogens is 256 g/mol. The minimum absolute atomic E-state index is 0.271. The maximum Gasteiger partial charge on any atom is 0.332 e. The summed E-state index contributed by atoms with van der Waals surface area (Å²) in [6.45, 7) is 0. The van der Waals surface area contributed by atoms with Gasteiger partial charge >= 0.3 is 5.97 Å². The number of carbonyl (C=O) groups excluding carboxylic acids is 1. The number of hydrogen-bond acceptors (Lipinski definition) is 3. The molecule has 2 nitrogen and oxygen atoms in total. The Bertz CT molecular complexity index is 605. The molecule has 0 saturated heterocycles. The molecule has 19 heavy (non-hydrogen) atoms. The van der Waals surface area contributed by atoms with Crippen molar-refractivity contribution in [1.82, 2.24) is 0 Å². The lowest BCUT2D eigenvalue weighted by Gasteiger charge is -2.14. The monoisotopic (exact) mass is 268 g/mol. The van der Waals surface area contributed by atoms with E-state index in [1.807, 2.05) is 60.7 Å². The molecule has 3 rings (SSSR count). The van der Waals surface area contributed by atoms with Gasteiger partial charge in [0.25, 0.3) is 0 Å². The number of esters is 1. The Labute approximate surface area is 116 Å². The predicted molar refractivity (Wildman–Crippen MR) is 75.7 cm³/mol. The highest BCUT2D eigenvalue weighted by Gasteiger charge is 2.28. The highest BCUT2D eigenvalue weighted by Crippen LogP contribution is 2.41. The molecule has 0 bridgehead atoms. The molecule has 1 aliphatic heterocycles. The first-order chi connectivity index (χ1) is 9.33. The number of ether oxygens (including phenoxy) is 1. The van der Waals surface area contributed by atoms with E-state index in [9.17, 15) is 4.79 Å². The molecule has 0 N–H and O–H groups in total. The lowest BCUT2D eigenvalue weighted by Crippen LogP contribution is -2.01. The van der Waals surface area contributed by atoms with E-state index in [1.165, 1.54) is 0 Å². The van der Waals surface area contributed by atoms with Gasteiger partial charge < -0.3 is 4.74 Å². The fourth-order valence-corrected chi connectivity index (χ4v) is 2.98. The Balaban J connectivity index is 1.86. The molecule has 1 aliphatic rings. The maximum absolute atomic E-state index is 11.5. The van der Waals surface area contributed by atoms with E-state index in [2.05, 4.69) is 0 Å². The quantitative estimate of drug-likeness (QED) is 0.788. The summed E-state index contributed by atoms with van der Waals surface area (Å²) in [6, 6.07) is 19.8. The van der Waals surface area contributed by atoms with Crippen LogP contribution in [0.5, 0.6) is 0 Å². The van der Waals surface area contributed by atoms with Crippen LogP contribution in [0.25, 0.3) is 0 Å². The molecule has 0 amide bonds. The zero-order valence-corrected chi connectivity index (χ0v) is 11.0. The second-order valence-corrected chi connectivity index (χ2v) is 5.34. The largest absolute Gasteiger partial charge is 0.449 e. The molecule has 94 valence electrons. The van der Waals surface area contributed by atoms with Crippen molar-refractivity contribution in [2.75, 3.05) is 0 Å². The van der Waals surface area contributed by atoms with Crippen molar-refractivity contribution in [3.05, 3.63) is 77.2 Å². The van der Waals surface area contributed by atoms with Gasteiger partial charge in [-0.3, -0.25) is 0 Å². The number of cyclic esters (lactones) is 1. The van der Waals surface area contributed by atoms with E-state index in [-0.39, 0.29) is 12.1 Å². The average Bonchev–Trinajstić information content (AvgIpc) is 2.82. The van der Waals surface area contributed by atoms with Gasteiger partial charge in [0.1, 0.15) is 0 Å². The van der Waals surface area contributed by atoms with E-state index in [4.69, 9.17) is 4.74 Å². The van der Waals surface area contributed by atoms with Gasteiger partial charge in [-0.05, 0) is 17.7 Å². The predicted octanol–water partition coefficient (Wildman–Crippen LogP) is 3.96. The Kier molecular flexibility index (Phi) is 3.38. The van der Waals surface area contributed by atoms with Crippen molar-refractivity contribution >= 4 is 17.7 Å². The highest BCUT2D eigenvalue weighted by atomic mass is 32.2. The summed E-state index contributed by atoms with van der Waals surface area (Å²) in [4.78, 5) is 13.6. The minimum atomic E-state index is -0.279. The van der Waals surface area contributed by atoms with Crippen molar-refractivity contribution in [3.63, 3.8) is 0 Å². The van der Waals surface area contributed by atoms with E-state index in [1.54, 1.807) is 17.8 Å². The fraction of sp³-hybridized carbons (Fsp3) is 0.0625. The number of benzene rings is 2. The number of hydrogen-bond donors (Lipinski definition) is 0. The molecule has 2 aromatic rings. The van der Waals surface area contributed by atoms with Crippen LogP contribution in [-0.2, 0) is 9.53 Å². The normalized spacial score (nSPS) is 18.0. The van der Waals surface area contributed by atoms with E-state index in [0.29, 0.717) is 0 Å². The zero-order valence-electron chi connectivity index (χ0n) is 10.2. The van der Waals surface area contributed by atoms with Crippen LogP contribution in [0.3, 0.4) is 0 Å². The first-order valence-corrected chi connectivity index (χ1v) is 6.84. The van der Waals surface area contributed by atoms with Crippen molar-refractivity contribution in [2.24, 2.45) is 0 Å². The van der Waals surface area contributed by atoms with Gasteiger partial charge in [-0.25, -0.2) is 4.79 Å². The third-order valence-electron chi connectivity index (χ3n) is 2.83. The summed E-state index contributed by atoms with van der Waals surface area (Å²) in [6.07, 6.45) is 1.30. The molecular formula is C16H12O2S. The molecule has 0 aromatic heterocycles. The van der Waals surface area contributed by atoms with Gasteiger partial charge in [0, 0.05) is 15.9 Å². The highest BCUT2D eigenvalue weighted by molar-refractivity contribution is 8.03. The summed E-state index contributed by atoms with van der Waals surface area (Å²) in [7, 11) is 0. The first kappa shape index (κ1) is 12.1. The van der Waals surface area contributed by atoms with E-state index < -0.39 is 0 Å². The summed E-state index contributed by atoms with van der Waals surface area (Å²) in [5.41, 5.74) is 1.00. The average molecular weight is 268 g/mol. The van der Waals surface area contributed by atoms with Crippen molar-refractivity contribution < 1.29 is 9.53 Å². The van der Waals surface area contributed by atoms with Gasteiger partial charge in [-0.2, -0.15) is 0 Å². The number of thioether (sulfide) groups is 1. The van der Waals surface area contributed by atoms with Crippen LogP contribution >= 0.6 is 11.8 Å². The molecule has 1 unspecified atom stereocenters. The van der Waals surface area contributed by atoms with Crippen molar-refractivity contribution in [1.29, 1.82) is 0 Å². The first-order valence-electron chi connectivity index (χ1n) is 6.03. The molecule has 1 atom stereocenters. The third kappa shape index (κ3) is 2.71. The van der Waals surface area contributed by atoms with Crippen LogP contribution in [0, 0.1) is 0 Å². The van der Waals surface area contributed by atoms with Crippen molar-refractivity contribution in [3.8, 4) is 0 Å². The van der Waals surface area contributed by atoms with Crippen LogP contribution in [-0.4, -0.2) is 5.97 Å². The lowest BCUT2D eigenvalue weighted by molar-refractivity contribution is -0.138. The molecule has 0 aliphatic carbocycles. The third-order valence-corrected chi connectivity index (χ3v) is 3.91. The Morgan fingerprint density at radius 2 is 1.53 bits per heavy atom. The van der Waals surface area contributed by atoms with Crippen LogP contribution in [0.15, 0.2) is 76.5 Å². The minimum Gasteiger partial charge on any atom is -0.449 e. The summed E-state index contributed by atoms with van der Waals surface area (Å²) in [5.74, 6) is -0.271. The van der Waals surface area contributed by atoms with Crippen LogP contribution in [0.1, 0.15) is 11.7 Å². The zero-order chi connectivity index (χ0) is 13.1. The van der Waals surface area contributed by atoms with Crippen LogP contribution in [0.4, 0.5) is 0 Å².